The number of aliphatic imine (C=N–C) groups is 1. The van der Waals surface area contributed by atoms with Gasteiger partial charge in [-0.25, -0.2) is 9.79 Å². The molecule has 9 heteroatoms. The maximum absolute atomic E-state index is 11.7. The standard InChI is InChI=1S/C14H27N5O3.HI/c1-5-15-13(16-11-12(20)17(3)4)18-7-9-19(10-8-18)14(21)22-6-2;/h5-11H2,1-4H3,(H,15,16);1H. The van der Waals surface area contributed by atoms with Gasteiger partial charge in [-0.3, -0.25) is 4.79 Å². The molecule has 1 fully saturated rings. The van der Waals surface area contributed by atoms with E-state index in [2.05, 4.69) is 15.2 Å². The van der Waals surface area contributed by atoms with Crippen molar-refractivity contribution in [3.8, 4) is 0 Å². The molecule has 0 bridgehead atoms. The minimum atomic E-state index is -0.271. The lowest BCUT2D eigenvalue weighted by atomic mass is 10.3. The van der Waals surface area contributed by atoms with E-state index in [4.69, 9.17) is 4.74 Å². The summed E-state index contributed by atoms with van der Waals surface area (Å²) in [7, 11) is 3.42. The van der Waals surface area contributed by atoms with Crippen molar-refractivity contribution < 1.29 is 14.3 Å². The van der Waals surface area contributed by atoms with Gasteiger partial charge in [0.05, 0.1) is 6.61 Å². The predicted octanol–water partition coefficient (Wildman–Crippen LogP) is 0.432. The van der Waals surface area contributed by atoms with Crippen LogP contribution in [0.2, 0.25) is 0 Å². The van der Waals surface area contributed by atoms with Crippen LogP contribution in [0.25, 0.3) is 0 Å². The van der Waals surface area contributed by atoms with Gasteiger partial charge in [-0.05, 0) is 13.8 Å². The van der Waals surface area contributed by atoms with E-state index in [9.17, 15) is 9.59 Å². The highest BCUT2D eigenvalue weighted by atomic mass is 127. The summed E-state index contributed by atoms with van der Waals surface area (Å²) < 4.78 is 5.00. The molecule has 0 atom stereocenters. The summed E-state index contributed by atoms with van der Waals surface area (Å²) in [6.07, 6.45) is -0.271. The quantitative estimate of drug-likeness (QED) is 0.389. The van der Waals surface area contributed by atoms with E-state index in [0.717, 1.165) is 6.54 Å². The molecule has 0 aliphatic carbocycles. The average Bonchev–Trinajstić information content (AvgIpc) is 2.51. The highest BCUT2D eigenvalue weighted by molar-refractivity contribution is 14.0. The van der Waals surface area contributed by atoms with Crippen LogP contribution >= 0.6 is 24.0 Å². The average molecular weight is 441 g/mol. The first kappa shape index (κ1) is 21.7. The van der Waals surface area contributed by atoms with Crippen molar-refractivity contribution in [1.82, 2.24) is 20.0 Å². The van der Waals surface area contributed by atoms with Crippen molar-refractivity contribution in [3.63, 3.8) is 0 Å². The Morgan fingerprint density at radius 3 is 2.17 bits per heavy atom. The van der Waals surface area contributed by atoms with Crippen molar-refractivity contribution in [2.45, 2.75) is 13.8 Å². The maximum atomic E-state index is 11.7. The molecule has 1 heterocycles. The maximum Gasteiger partial charge on any atom is 0.409 e. The van der Waals surface area contributed by atoms with Gasteiger partial charge in [-0.15, -0.1) is 24.0 Å². The van der Waals surface area contributed by atoms with Gasteiger partial charge in [0, 0.05) is 46.8 Å². The number of carbonyl (C=O) groups is 2. The molecule has 134 valence electrons. The Morgan fingerprint density at radius 2 is 1.70 bits per heavy atom. The zero-order valence-corrected chi connectivity index (χ0v) is 16.7. The normalized spacial score (nSPS) is 14.9. The number of hydrogen-bond donors (Lipinski definition) is 1. The Balaban J connectivity index is 0.00000484. The van der Waals surface area contributed by atoms with Crippen LogP contribution in [0.4, 0.5) is 4.79 Å². The number of amides is 2. The zero-order valence-electron chi connectivity index (χ0n) is 14.4. The lowest BCUT2D eigenvalue weighted by molar-refractivity contribution is -0.127. The van der Waals surface area contributed by atoms with Gasteiger partial charge in [0.2, 0.25) is 5.91 Å². The molecule has 0 unspecified atom stereocenters. The topological polar surface area (TPSA) is 77.5 Å². The van der Waals surface area contributed by atoms with Crippen LogP contribution in [0.3, 0.4) is 0 Å². The van der Waals surface area contributed by atoms with Crippen LogP contribution in [-0.2, 0) is 9.53 Å². The van der Waals surface area contributed by atoms with Crippen molar-refractivity contribution in [1.29, 1.82) is 0 Å². The second-order valence-corrected chi connectivity index (χ2v) is 5.13. The smallest absolute Gasteiger partial charge is 0.409 e. The fraction of sp³-hybridized carbons (Fsp3) is 0.786. The van der Waals surface area contributed by atoms with Gasteiger partial charge in [-0.1, -0.05) is 0 Å². The third-order valence-corrected chi connectivity index (χ3v) is 3.30. The molecule has 0 radical (unpaired) electrons. The third-order valence-electron chi connectivity index (χ3n) is 3.30. The largest absolute Gasteiger partial charge is 0.450 e. The molecule has 0 aromatic heterocycles. The molecule has 0 spiro atoms. The number of carbonyl (C=O) groups excluding carboxylic acids is 2. The highest BCUT2D eigenvalue weighted by Crippen LogP contribution is 2.04. The molecule has 1 aliphatic heterocycles. The summed E-state index contributed by atoms with van der Waals surface area (Å²) in [5, 5.41) is 3.19. The summed E-state index contributed by atoms with van der Waals surface area (Å²) >= 11 is 0. The number of ether oxygens (including phenoxy) is 1. The van der Waals surface area contributed by atoms with E-state index in [1.54, 1.807) is 25.9 Å². The summed E-state index contributed by atoms with van der Waals surface area (Å²) in [6.45, 7) is 7.53. The van der Waals surface area contributed by atoms with E-state index in [0.29, 0.717) is 38.7 Å². The number of halogens is 1. The van der Waals surface area contributed by atoms with Gasteiger partial charge in [0.15, 0.2) is 5.96 Å². The number of nitrogens with zero attached hydrogens (tertiary/aromatic N) is 4. The second kappa shape index (κ2) is 11.3. The van der Waals surface area contributed by atoms with Crippen molar-refractivity contribution in [3.05, 3.63) is 0 Å². The van der Waals surface area contributed by atoms with E-state index < -0.39 is 0 Å². The Bertz CT molecular complexity index is 409. The molecular formula is C14H28IN5O3. The molecule has 0 saturated carbocycles. The Kier molecular flexibility index (Phi) is 10.7. The van der Waals surface area contributed by atoms with Gasteiger partial charge < -0.3 is 24.8 Å². The van der Waals surface area contributed by atoms with Crippen LogP contribution in [-0.4, -0.2) is 92.6 Å². The molecule has 0 aromatic carbocycles. The van der Waals surface area contributed by atoms with E-state index in [-0.39, 0.29) is 42.5 Å². The van der Waals surface area contributed by atoms with Crippen LogP contribution in [0.1, 0.15) is 13.8 Å². The van der Waals surface area contributed by atoms with Gasteiger partial charge in [0.1, 0.15) is 6.54 Å². The van der Waals surface area contributed by atoms with Gasteiger partial charge in [0.25, 0.3) is 0 Å². The van der Waals surface area contributed by atoms with Crippen LogP contribution in [0.5, 0.6) is 0 Å². The Morgan fingerprint density at radius 1 is 1.13 bits per heavy atom. The van der Waals surface area contributed by atoms with Crippen molar-refractivity contribution >= 4 is 41.9 Å². The molecule has 1 saturated heterocycles. The van der Waals surface area contributed by atoms with E-state index in [1.807, 2.05) is 6.92 Å². The van der Waals surface area contributed by atoms with Crippen molar-refractivity contribution in [2.24, 2.45) is 4.99 Å². The van der Waals surface area contributed by atoms with Crippen LogP contribution in [0, 0.1) is 0 Å². The minimum Gasteiger partial charge on any atom is -0.450 e. The van der Waals surface area contributed by atoms with E-state index >= 15 is 0 Å². The highest BCUT2D eigenvalue weighted by Gasteiger charge is 2.23. The van der Waals surface area contributed by atoms with Crippen molar-refractivity contribution in [2.75, 3.05) is 60.0 Å². The number of piperazine rings is 1. The molecule has 2 amide bonds. The van der Waals surface area contributed by atoms with Gasteiger partial charge in [-0.2, -0.15) is 0 Å². The first-order chi connectivity index (χ1) is 10.5. The molecule has 1 N–H and O–H groups in total. The Labute approximate surface area is 155 Å². The first-order valence-electron chi connectivity index (χ1n) is 7.64. The molecule has 1 aliphatic rings. The lowest BCUT2D eigenvalue weighted by Gasteiger charge is -2.35. The fourth-order valence-corrected chi connectivity index (χ4v) is 2.03. The first-order valence-corrected chi connectivity index (χ1v) is 7.64. The minimum absolute atomic E-state index is 0. The van der Waals surface area contributed by atoms with E-state index in [1.165, 1.54) is 4.90 Å². The molecule has 0 aromatic rings. The van der Waals surface area contributed by atoms with Crippen LogP contribution in [0.15, 0.2) is 4.99 Å². The summed E-state index contributed by atoms with van der Waals surface area (Å²) in [5.74, 6) is 0.668. The number of nitrogens with one attached hydrogen (secondary N) is 1. The summed E-state index contributed by atoms with van der Waals surface area (Å²) in [4.78, 5) is 33.0. The summed E-state index contributed by atoms with van der Waals surface area (Å²) in [6, 6.07) is 0. The van der Waals surface area contributed by atoms with Gasteiger partial charge >= 0.3 is 6.09 Å². The molecule has 8 nitrogen and oxygen atoms in total. The number of rotatable bonds is 4. The molecule has 23 heavy (non-hydrogen) atoms. The molecular weight excluding hydrogens is 413 g/mol. The van der Waals surface area contributed by atoms with Crippen LogP contribution < -0.4 is 5.32 Å². The lowest BCUT2D eigenvalue weighted by Crippen LogP contribution is -2.54. The zero-order chi connectivity index (χ0) is 16.5. The SMILES string of the molecule is CCNC(=NCC(=O)N(C)C)N1CCN(C(=O)OCC)CC1.I. The monoisotopic (exact) mass is 441 g/mol. The third kappa shape index (κ3) is 7.23. The Hall–Kier alpha value is -1.26. The molecule has 1 rings (SSSR count). The number of likely N-dealkylation sites (N-methyl/N-ethyl adjacent to an activating group) is 1. The number of hydrogen-bond acceptors (Lipinski definition) is 4. The summed E-state index contributed by atoms with van der Waals surface area (Å²) in [5.41, 5.74) is 0. The predicted molar refractivity (Wildman–Crippen MR) is 100 cm³/mol. The fourth-order valence-electron chi connectivity index (χ4n) is 2.03. The second-order valence-electron chi connectivity index (χ2n) is 5.13. The number of guanidine groups is 1.